The Morgan fingerprint density at radius 1 is 1.25 bits per heavy atom. The van der Waals surface area contributed by atoms with Crippen molar-refractivity contribution in [3.8, 4) is 11.4 Å². The number of nitrogens with zero attached hydrogens (tertiary/aromatic N) is 3. The average molecular weight is 224 g/mol. The fourth-order valence-corrected chi connectivity index (χ4v) is 1.45. The van der Waals surface area contributed by atoms with Gasteiger partial charge in [-0.2, -0.15) is 0 Å². The Hall–Kier alpha value is -1.98. The maximum atomic E-state index is 13.5. The second kappa shape index (κ2) is 3.88. The molecule has 0 unspecified atom stereocenters. The van der Waals surface area contributed by atoms with E-state index in [-0.39, 0.29) is 5.56 Å². The quantitative estimate of drug-likeness (QED) is 0.845. The number of halogens is 2. The molecule has 6 heteroatoms. The lowest BCUT2D eigenvalue weighted by atomic mass is 10.2. The SMILES string of the molecule is CNc1nnc(-c2ccc(F)cc2F)n1C. The lowest BCUT2D eigenvalue weighted by Gasteiger charge is -2.04. The molecule has 2 rings (SSSR count). The second-order valence-electron chi connectivity index (χ2n) is 3.28. The van der Waals surface area contributed by atoms with Crippen LogP contribution in [0.2, 0.25) is 0 Å². The molecule has 2 aromatic rings. The monoisotopic (exact) mass is 224 g/mol. The summed E-state index contributed by atoms with van der Waals surface area (Å²) in [5.74, 6) is -0.406. The summed E-state index contributed by atoms with van der Waals surface area (Å²) in [7, 11) is 3.39. The van der Waals surface area contributed by atoms with E-state index >= 15 is 0 Å². The third kappa shape index (κ3) is 1.62. The molecule has 4 nitrogen and oxygen atoms in total. The van der Waals surface area contributed by atoms with E-state index in [9.17, 15) is 8.78 Å². The van der Waals surface area contributed by atoms with E-state index in [1.807, 2.05) is 0 Å². The average Bonchev–Trinajstić information content (AvgIpc) is 2.60. The highest BCUT2D eigenvalue weighted by Crippen LogP contribution is 2.22. The first-order valence-electron chi connectivity index (χ1n) is 4.66. The van der Waals surface area contributed by atoms with Gasteiger partial charge >= 0.3 is 0 Å². The van der Waals surface area contributed by atoms with Crippen LogP contribution in [-0.4, -0.2) is 21.8 Å². The fourth-order valence-electron chi connectivity index (χ4n) is 1.45. The van der Waals surface area contributed by atoms with Gasteiger partial charge in [-0.3, -0.25) is 4.57 Å². The van der Waals surface area contributed by atoms with E-state index in [1.165, 1.54) is 12.1 Å². The number of anilines is 1. The first-order valence-corrected chi connectivity index (χ1v) is 4.66. The molecule has 0 saturated carbocycles. The lowest BCUT2D eigenvalue weighted by Crippen LogP contribution is -2.00. The molecule has 0 amide bonds. The molecule has 1 N–H and O–H groups in total. The maximum absolute atomic E-state index is 13.5. The van der Waals surface area contributed by atoms with Crippen molar-refractivity contribution in [2.45, 2.75) is 0 Å². The topological polar surface area (TPSA) is 42.7 Å². The van der Waals surface area contributed by atoms with Gasteiger partial charge in [0, 0.05) is 20.2 Å². The molecular weight excluding hydrogens is 214 g/mol. The van der Waals surface area contributed by atoms with Gasteiger partial charge in [-0.15, -0.1) is 10.2 Å². The molecule has 1 aromatic carbocycles. The third-order valence-corrected chi connectivity index (χ3v) is 2.27. The first-order chi connectivity index (χ1) is 7.63. The lowest BCUT2D eigenvalue weighted by molar-refractivity contribution is 0.584. The minimum Gasteiger partial charge on any atom is -0.357 e. The molecule has 0 aliphatic carbocycles. The molecule has 0 fully saturated rings. The van der Waals surface area contributed by atoms with E-state index in [4.69, 9.17) is 0 Å². The summed E-state index contributed by atoms with van der Waals surface area (Å²) >= 11 is 0. The predicted octanol–water partition coefficient (Wildman–Crippen LogP) is 1.80. The summed E-state index contributed by atoms with van der Waals surface area (Å²) in [6.45, 7) is 0. The zero-order valence-corrected chi connectivity index (χ0v) is 8.83. The molecular formula is C10H10F2N4. The highest BCUT2D eigenvalue weighted by Gasteiger charge is 2.13. The van der Waals surface area contributed by atoms with Gasteiger partial charge in [0.25, 0.3) is 0 Å². The standard InChI is InChI=1S/C10H10F2N4/c1-13-10-15-14-9(16(10)2)7-4-3-6(11)5-8(7)12/h3-5H,1-2H3,(H,13,15). The molecule has 0 spiro atoms. The summed E-state index contributed by atoms with van der Waals surface area (Å²) in [4.78, 5) is 0. The summed E-state index contributed by atoms with van der Waals surface area (Å²) in [6, 6.07) is 3.35. The van der Waals surface area contributed by atoms with Crippen LogP contribution in [0, 0.1) is 11.6 Å². The normalized spacial score (nSPS) is 10.5. The molecule has 0 atom stereocenters. The summed E-state index contributed by atoms with van der Waals surface area (Å²) in [5, 5.41) is 10.5. The van der Waals surface area contributed by atoms with Crippen LogP contribution < -0.4 is 5.32 Å². The predicted molar refractivity (Wildman–Crippen MR) is 55.9 cm³/mol. The van der Waals surface area contributed by atoms with Gasteiger partial charge in [0.05, 0.1) is 5.56 Å². The van der Waals surface area contributed by atoms with Gasteiger partial charge in [0.15, 0.2) is 5.82 Å². The Labute approximate surface area is 90.9 Å². The van der Waals surface area contributed by atoms with Crippen molar-refractivity contribution in [2.75, 3.05) is 12.4 Å². The van der Waals surface area contributed by atoms with Gasteiger partial charge in [0.1, 0.15) is 11.6 Å². The largest absolute Gasteiger partial charge is 0.357 e. The van der Waals surface area contributed by atoms with Gasteiger partial charge in [0.2, 0.25) is 5.95 Å². The Balaban J connectivity index is 2.54. The summed E-state index contributed by atoms with van der Waals surface area (Å²) in [6.07, 6.45) is 0. The van der Waals surface area contributed by atoms with Crippen LogP contribution in [0.4, 0.5) is 14.7 Å². The van der Waals surface area contributed by atoms with Gasteiger partial charge in [-0.25, -0.2) is 8.78 Å². The molecule has 0 aliphatic rings. The van der Waals surface area contributed by atoms with Gasteiger partial charge in [-0.05, 0) is 12.1 Å². The van der Waals surface area contributed by atoms with E-state index in [0.29, 0.717) is 11.8 Å². The molecule has 0 bridgehead atoms. The Morgan fingerprint density at radius 2 is 2.00 bits per heavy atom. The minimum atomic E-state index is -0.654. The number of benzene rings is 1. The zero-order chi connectivity index (χ0) is 11.7. The maximum Gasteiger partial charge on any atom is 0.224 e. The molecule has 84 valence electrons. The summed E-state index contributed by atoms with van der Waals surface area (Å²) in [5.41, 5.74) is 0.220. The van der Waals surface area contributed by atoms with Crippen molar-refractivity contribution < 1.29 is 8.78 Å². The first kappa shape index (κ1) is 10.5. The minimum absolute atomic E-state index is 0.220. The van der Waals surface area contributed by atoms with Crippen LogP contribution in [-0.2, 0) is 7.05 Å². The van der Waals surface area contributed by atoms with Crippen LogP contribution in [0.3, 0.4) is 0 Å². The van der Waals surface area contributed by atoms with Crippen molar-refractivity contribution in [1.29, 1.82) is 0 Å². The fraction of sp³-hybridized carbons (Fsp3) is 0.200. The molecule has 0 aliphatic heterocycles. The number of aromatic nitrogens is 3. The molecule has 1 heterocycles. The Morgan fingerprint density at radius 3 is 2.56 bits per heavy atom. The van der Waals surface area contributed by atoms with Crippen molar-refractivity contribution in [3.63, 3.8) is 0 Å². The van der Waals surface area contributed by atoms with Gasteiger partial charge in [-0.1, -0.05) is 0 Å². The Bertz CT molecular complexity index is 522. The van der Waals surface area contributed by atoms with Crippen LogP contribution in [0.1, 0.15) is 0 Å². The molecule has 16 heavy (non-hydrogen) atoms. The Kier molecular flexibility index (Phi) is 2.55. The highest BCUT2D eigenvalue weighted by atomic mass is 19.1. The van der Waals surface area contributed by atoms with Crippen LogP contribution >= 0.6 is 0 Å². The van der Waals surface area contributed by atoms with E-state index in [2.05, 4.69) is 15.5 Å². The second-order valence-corrected chi connectivity index (χ2v) is 3.28. The van der Waals surface area contributed by atoms with E-state index in [0.717, 1.165) is 6.07 Å². The highest BCUT2D eigenvalue weighted by molar-refractivity contribution is 5.58. The van der Waals surface area contributed by atoms with Crippen molar-refractivity contribution >= 4 is 5.95 Å². The summed E-state index contributed by atoms with van der Waals surface area (Å²) < 4.78 is 27.8. The number of rotatable bonds is 2. The van der Waals surface area contributed by atoms with Crippen molar-refractivity contribution in [1.82, 2.24) is 14.8 Å². The van der Waals surface area contributed by atoms with E-state index in [1.54, 1.807) is 18.7 Å². The van der Waals surface area contributed by atoms with Crippen LogP contribution in [0.25, 0.3) is 11.4 Å². The molecule has 0 radical (unpaired) electrons. The van der Waals surface area contributed by atoms with Crippen LogP contribution in [0.5, 0.6) is 0 Å². The van der Waals surface area contributed by atoms with Gasteiger partial charge < -0.3 is 5.32 Å². The zero-order valence-electron chi connectivity index (χ0n) is 8.83. The smallest absolute Gasteiger partial charge is 0.224 e. The van der Waals surface area contributed by atoms with Crippen molar-refractivity contribution in [3.05, 3.63) is 29.8 Å². The van der Waals surface area contributed by atoms with Crippen LogP contribution in [0.15, 0.2) is 18.2 Å². The van der Waals surface area contributed by atoms with E-state index < -0.39 is 11.6 Å². The van der Waals surface area contributed by atoms with Crippen molar-refractivity contribution in [2.24, 2.45) is 7.05 Å². The molecule has 0 saturated heterocycles. The number of hydrogen-bond acceptors (Lipinski definition) is 3. The number of nitrogens with one attached hydrogen (secondary N) is 1. The molecule has 1 aromatic heterocycles. The third-order valence-electron chi connectivity index (χ3n) is 2.27. The number of hydrogen-bond donors (Lipinski definition) is 1.